The smallest absolute Gasteiger partial charge is 0.184 e. The highest BCUT2D eigenvalue weighted by Gasteiger charge is 2.47. The number of benzene rings is 7. The maximum atomic E-state index is 7.27. The Labute approximate surface area is 336 Å². The fourth-order valence-electron chi connectivity index (χ4n) is 9.22. The standard InChI is InChI=1S/C52H48NO4/c1-54-50-33-41-29-30-53(36-42-31-47(56-37-39-15-7-3-8-16-39)28-25-40(42)32-49(53)48(41)34-51(50)55-2)35-38-23-26-46(27-24-38)57-52(43-17-9-4-10-18-43,44-19-11-5-12-20-44)45-21-13-6-14-22-45/h3-28,31,33-34,49H,29-30,32,35-37H2,1-2H3/q+1/t49-,53-/m0/s1. The zero-order valence-electron chi connectivity index (χ0n) is 32.6. The van der Waals surface area contributed by atoms with Crippen LogP contribution in [-0.2, 0) is 38.1 Å². The summed E-state index contributed by atoms with van der Waals surface area (Å²) < 4.78 is 26.2. The maximum Gasteiger partial charge on any atom is 0.184 e. The molecule has 0 saturated carbocycles. The number of rotatable bonds is 12. The molecule has 2 atom stereocenters. The summed E-state index contributed by atoms with van der Waals surface area (Å²) in [6.07, 6.45) is 1.90. The van der Waals surface area contributed by atoms with E-state index in [1.54, 1.807) is 14.2 Å². The molecule has 9 rings (SSSR count). The van der Waals surface area contributed by atoms with Crippen molar-refractivity contribution in [3.63, 3.8) is 0 Å². The van der Waals surface area contributed by atoms with E-state index in [0.717, 1.165) is 82.2 Å². The molecule has 0 bridgehead atoms. The van der Waals surface area contributed by atoms with E-state index in [1.165, 1.54) is 27.8 Å². The van der Waals surface area contributed by atoms with Gasteiger partial charge in [-0.05, 0) is 65.2 Å². The van der Waals surface area contributed by atoms with Crippen LogP contribution in [0.2, 0.25) is 0 Å². The van der Waals surface area contributed by atoms with E-state index < -0.39 is 5.60 Å². The second-order valence-corrected chi connectivity index (χ2v) is 15.4. The first-order valence-corrected chi connectivity index (χ1v) is 19.9. The Balaban J connectivity index is 1.07. The van der Waals surface area contributed by atoms with Gasteiger partial charge < -0.3 is 23.4 Å². The first-order valence-electron chi connectivity index (χ1n) is 19.9. The average molecular weight is 751 g/mol. The van der Waals surface area contributed by atoms with E-state index >= 15 is 0 Å². The van der Waals surface area contributed by atoms with Crippen molar-refractivity contribution < 1.29 is 23.4 Å². The molecule has 0 unspecified atom stereocenters. The molecule has 2 aliphatic rings. The summed E-state index contributed by atoms with van der Waals surface area (Å²) >= 11 is 0. The molecule has 7 aromatic carbocycles. The fraction of sp³-hybridized carbons (Fsp3) is 0.192. The van der Waals surface area contributed by atoms with Crippen LogP contribution in [0, 0.1) is 0 Å². The van der Waals surface area contributed by atoms with Gasteiger partial charge in [0.2, 0.25) is 0 Å². The van der Waals surface area contributed by atoms with Crippen molar-refractivity contribution in [2.75, 3.05) is 20.8 Å². The van der Waals surface area contributed by atoms with Crippen LogP contribution in [0.5, 0.6) is 23.0 Å². The average Bonchev–Trinajstić information content (AvgIpc) is 3.28. The largest absolute Gasteiger partial charge is 0.493 e. The van der Waals surface area contributed by atoms with Crippen molar-refractivity contribution in [3.8, 4) is 23.0 Å². The number of fused-ring (bicyclic) bond motifs is 4. The quantitative estimate of drug-likeness (QED) is 0.0921. The lowest BCUT2D eigenvalue weighted by molar-refractivity contribution is -0.985. The first kappa shape index (κ1) is 36.3. The summed E-state index contributed by atoms with van der Waals surface area (Å²) in [5.74, 6) is 3.31. The molecular weight excluding hydrogens is 703 g/mol. The first-order chi connectivity index (χ1) is 28.1. The van der Waals surface area contributed by atoms with Crippen LogP contribution in [0.4, 0.5) is 0 Å². The van der Waals surface area contributed by atoms with Gasteiger partial charge in [0.1, 0.15) is 37.2 Å². The third kappa shape index (κ3) is 7.04. The minimum absolute atomic E-state index is 0.259. The van der Waals surface area contributed by atoms with E-state index in [1.807, 2.05) is 6.07 Å². The van der Waals surface area contributed by atoms with Gasteiger partial charge in [-0.3, -0.25) is 0 Å². The second kappa shape index (κ2) is 15.7. The Kier molecular flexibility index (Phi) is 10.00. The topological polar surface area (TPSA) is 36.9 Å². The van der Waals surface area contributed by atoms with Crippen molar-refractivity contribution in [3.05, 3.63) is 226 Å². The van der Waals surface area contributed by atoms with Crippen molar-refractivity contribution in [2.45, 2.75) is 44.2 Å². The Morgan fingerprint density at radius 2 is 1.11 bits per heavy atom. The van der Waals surface area contributed by atoms with Crippen LogP contribution in [0.25, 0.3) is 0 Å². The van der Waals surface area contributed by atoms with E-state index in [4.69, 9.17) is 18.9 Å². The maximum absolute atomic E-state index is 7.27. The van der Waals surface area contributed by atoms with Crippen LogP contribution < -0.4 is 18.9 Å². The molecule has 0 aliphatic carbocycles. The monoisotopic (exact) mass is 750 g/mol. The van der Waals surface area contributed by atoms with Crippen molar-refractivity contribution >= 4 is 0 Å². The number of methoxy groups -OCH3 is 2. The summed E-state index contributed by atoms with van der Waals surface area (Å²) in [5.41, 5.74) is 10.3. The molecule has 0 aromatic heterocycles. The fourth-order valence-corrected chi connectivity index (χ4v) is 9.22. The van der Waals surface area contributed by atoms with Gasteiger partial charge in [-0.25, -0.2) is 0 Å². The Bertz CT molecular complexity index is 2340. The molecule has 0 amide bonds. The van der Waals surface area contributed by atoms with Crippen molar-refractivity contribution in [2.24, 2.45) is 0 Å². The van der Waals surface area contributed by atoms with Gasteiger partial charge in [0.15, 0.2) is 17.1 Å². The minimum Gasteiger partial charge on any atom is -0.493 e. The minimum atomic E-state index is -0.842. The molecule has 0 spiro atoms. The van der Waals surface area contributed by atoms with Gasteiger partial charge >= 0.3 is 0 Å². The molecule has 2 aliphatic heterocycles. The SMILES string of the molecule is COc1cc2c(cc1OC)[C@@H]1Cc3ccc(OCc4ccccc4)cc3C[N@@+]1(Cc1ccc(OC(c3ccccc3)(c3ccccc3)c3ccccc3)cc1)CC2. The van der Waals surface area contributed by atoms with E-state index in [2.05, 4.69) is 170 Å². The highest BCUT2D eigenvalue weighted by molar-refractivity contribution is 5.51. The summed E-state index contributed by atoms with van der Waals surface area (Å²) in [4.78, 5) is 0. The predicted molar refractivity (Wildman–Crippen MR) is 226 cm³/mol. The summed E-state index contributed by atoms with van der Waals surface area (Å²) in [5, 5.41) is 0. The zero-order chi connectivity index (χ0) is 38.7. The molecule has 7 aromatic rings. The number of ether oxygens (including phenoxy) is 4. The van der Waals surface area contributed by atoms with Crippen LogP contribution in [0.15, 0.2) is 176 Å². The molecule has 0 fully saturated rings. The molecule has 0 N–H and O–H groups in total. The third-order valence-electron chi connectivity index (χ3n) is 12.0. The van der Waals surface area contributed by atoms with E-state index in [0.29, 0.717) is 6.61 Å². The molecular formula is C52H48NO4+. The zero-order valence-corrected chi connectivity index (χ0v) is 32.6. The molecule has 0 saturated heterocycles. The second-order valence-electron chi connectivity index (χ2n) is 15.4. The lowest BCUT2D eigenvalue weighted by Crippen LogP contribution is -2.55. The van der Waals surface area contributed by atoms with E-state index in [9.17, 15) is 0 Å². The van der Waals surface area contributed by atoms with Gasteiger partial charge in [-0.2, -0.15) is 0 Å². The van der Waals surface area contributed by atoms with Crippen molar-refractivity contribution in [1.82, 2.24) is 0 Å². The number of hydrogen-bond donors (Lipinski definition) is 0. The normalized spacial score (nSPS) is 17.1. The van der Waals surface area contributed by atoms with Gasteiger partial charge in [-0.1, -0.05) is 127 Å². The van der Waals surface area contributed by atoms with Crippen LogP contribution in [0.1, 0.15) is 56.1 Å². The summed E-state index contributed by atoms with van der Waals surface area (Å²) in [6.45, 7) is 3.35. The third-order valence-corrected chi connectivity index (χ3v) is 12.0. The molecule has 0 radical (unpaired) electrons. The number of nitrogens with zero attached hydrogens (tertiary/aromatic N) is 1. The summed E-state index contributed by atoms with van der Waals surface area (Å²) in [7, 11) is 3.45. The molecule has 5 heteroatoms. The number of quaternary nitrogens is 1. The van der Waals surface area contributed by atoms with Gasteiger partial charge in [0.25, 0.3) is 0 Å². The number of hydrogen-bond acceptors (Lipinski definition) is 4. The lowest BCUT2D eigenvalue weighted by Gasteiger charge is -2.51. The highest BCUT2D eigenvalue weighted by Crippen LogP contribution is 2.49. The van der Waals surface area contributed by atoms with Crippen LogP contribution in [0.3, 0.4) is 0 Å². The Hall–Kier alpha value is -6.30. The van der Waals surface area contributed by atoms with Gasteiger partial charge in [-0.15, -0.1) is 0 Å². The molecule has 284 valence electrons. The summed E-state index contributed by atoms with van der Waals surface area (Å²) in [6, 6.07) is 62.3. The molecule has 5 nitrogen and oxygen atoms in total. The Morgan fingerprint density at radius 1 is 0.544 bits per heavy atom. The van der Waals surface area contributed by atoms with Crippen LogP contribution in [-0.4, -0.2) is 25.2 Å². The van der Waals surface area contributed by atoms with Gasteiger partial charge in [0.05, 0.1) is 20.8 Å². The lowest BCUT2D eigenvalue weighted by atomic mass is 9.80. The van der Waals surface area contributed by atoms with Crippen molar-refractivity contribution in [1.29, 1.82) is 0 Å². The van der Waals surface area contributed by atoms with Crippen LogP contribution >= 0.6 is 0 Å². The van der Waals surface area contributed by atoms with E-state index in [-0.39, 0.29) is 6.04 Å². The molecule has 2 heterocycles. The molecule has 57 heavy (non-hydrogen) atoms. The Morgan fingerprint density at radius 3 is 1.70 bits per heavy atom. The highest BCUT2D eigenvalue weighted by atomic mass is 16.5. The predicted octanol–water partition coefficient (Wildman–Crippen LogP) is 11.0. The van der Waals surface area contributed by atoms with Gasteiger partial charge in [0, 0.05) is 46.2 Å².